The summed E-state index contributed by atoms with van der Waals surface area (Å²) < 4.78 is 7.32. The molecule has 0 aromatic carbocycles. The number of carbonyl (C=O) groups is 1. The van der Waals surface area contributed by atoms with Gasteiger partial charge in [0.1, 0.15) is 11.6 Å². The maximum Gasteiger partial charge on any atom is 0.221 e. The zero-order chi connectivity index (χ0) is 13.9. The Morgan fingerprint density at radius 2 is 2.45 bits per heavy atom. The molecule has 0 saturated heterocycles. The molecule has 2 aromatic heterocycles. The van der Waals surface area contributed by atoms with Gasteiger partial charge in [0.05, 0.1) is 12.3 Å². The number of aromatic nitrogens is 3. The van der Waals surface area contributed by atoms with E-state index >= 15 is 0 Å². The van der Waals surface area contributed by atoms with Gasteiger partial charge in [0.15, 0.2) is 5.82 Å². The second-order valence-corrected chi connectivity index (χ2v) is 5.10. The molecular formula is C14H18N4O2. The fourth-order valence-electron chi connectivity index (χ4n) is 2.56. The third-order valence-corrected chi connectivity index (χ3v) is 3.58. The molecule has 0 aliphatic carbocycles. The zero-order valence-corrected chi connectivity index (χ0v) is 11.5. The number of nitrogens with zero attached hydrogens (tertiary/aromatic N) is 3. The lowest BCUT2D eigenvalue weighted by atomic mass is 10.2. The van der Waals surface area contributed by atoms with Gasteiger partial charge in [-0.3, -0.25) is 4.79 Å². The van der Waals surface area contributed by atoms with Gasteiger partial charge in [-0.1, -0.05) is 0 Å². The van der Waals surface area contributed by atoms with Gasteiger partial charge in [0.2, 0.25) is 5.91 Å². The van der Waals surface area contributed by atoms with E-state index in [0.29, 0.717) is 12.8 Å². The number of fused-ring (bicyclic) bond motifs is 1. The van der Waals surface area contributed by atoms with Gasteiger partial charge < -0.3 is 14.3 Å². The van der Waals surface area contributed by atoms with Crippen LogP contribution in [0.25, 0.3) is 0 Å². The van der Waals surface area contributed by atoms with Crippen LogP contribution < -0.4 is 5.32 Å². The van der Waals surface area contributed by atoms with E-state index < -0.39 is 0 Å². The van der Waals surface area contributed by atoms with Crippen LogP contribution in [-0.4, -0.2) is 20.7 Å². The second kappa shape index (κ2) is 5.48. The highest BCUT2D eigenvalue weighted by Gasteiger charge is 2.22. The summed E-state index contributed by atoms with van der Waals surface area (Å²) in [6.45, 7) is 2.89. The number of furan rings is 1. The lowest BCUT2D eigenvalue weighted by molar-refractivity contribution is -0.121. The van der Waals surface area contributed by atoms with Gasteiger partial charge in [-0.25, -0.2) is 0 Å². The molecule has 1 atom stereocenters. The Labute approximate surface area is 117 Å². The van der Waals surface area contributed by atoms with Crippen molar-refractivity contribution < 1.29 is 9.21 Å². The van der Waals surface area contributed by atoms with Gasteiger partial charge in [-0.2, -0.15) is 0 Å². The van der Waals surface area contributed by atoms with Crippen molar-refractivity contribution in [3.63, 3.8) is 0 Å². The Hall–Kier alpha value is -2.11. The minimum Gasteiger partial charge on any atom is -0.469 e. The van der Waals surface area contributed by atoms with E-state index in [1.165, 1.54) is 0 Å². The van der Waals surface area contributed by atoms with Crippen LogP contribution in [0.3, 0.4) is 0 Å². The van der Waals surface area contributed by atoms with E-state index in [1.807, 2.05) is 19.1 Å². The van der Waals surface area contributed by atoms with Crippen LogP contribution in [0.5, 0.6) is 0 Å². The molecule has 6 nitrogen and oxygen atoms in total. The van der Waals surface area contributed by atoms with Gasteiger partial charge in [0, 0.05) is 25.8 Å². The summed E-state index contributed by atoms with van der Waals surface area (Å²) in [4.78, 5) is 11.9. The first-order valence-electron chi connectivity index (χ1n) is 6.98. The molecule has 0 radical (unpaired) electrons. The number of amides is 1. The molecule has 20 heavy (non-hydrogen) atoms. The van der Waals surface area contributed by atoms with Crippen LogP contribution in [0, 0.1) is 0 Å². The van der Waals surface area contributed by atoms with Crippen molar-refractivity contribution in [2.75, 3.05) is 0 Å². The monoisotopic (exact) mass is 274 g/mol. The normalized spacial score (nSPS) is 15.1. The molecule has 0 bridgehead atoms. The average molecular weight is 274 g/mol. The summed E-state index contributed by atoms with van der Waals surface area (Å²) in [6, 6.07) is 3.59. The highest BCUT2D eigenvalue weighted by Crippen LogP contribution is 2.19. The summed E-state index contributed by atoms with van der Waals surface area (Å²) in [5, 5.41) is 11.3. The molecule has 0 fully saturated rings. The minimum atomic E-state index is -0.113. The third kappa shape index (κ3) is 2.59. The lowest BCUT2D eigenvalue weighted by Gasteiger charge is -2.13. The van der Waals surface area contributed by atoms with Crippen molar-refractivity contribution in [3.05, 3.63) is 35.8 Å². The average Bonchev–Trinajstić information content (AvgIpc) is 3.13. The molecule has 1 aliphatic rings. The summed E-state index contributed by atoms with van der Waals surface area (Å²) in [6.07, 6.45) is 4.74. The van der Waals surface area contributed by atoms with Crippen LogP contribution in [0.4, 0.5) is 0 Å². The van der Waals surface area contributed by atoms with Crippen LogP contribution in [0.2, 0.25) is 0 Å². The van der Waals surface area contributed by atoms with Gasteiger partial charge in [-0.05, 0) is 25.5 Å². The lowest BCUT2D eigenvalue weighted by Crippen LogP contribution is -2.28. The maximum atomic E-state index is 11.9. The number of carbonyl (C=O) groups excluding carboxylic acids is 1. The topological polar surface area (TPSA) is 73.0 Å². The Morgan fingerprint density at radius 3 is 3.25 bits per heavy atom. The summed E-state index contributed by atoms with van der Waals surface area (Å²) in [5.41, 5.74) is 0. The Bertz CT molecular complexity index is 588. The smallest absolute Gasteiger partial charge is 0.221 e. The van der Waals surface area contributed by atoms with Gasteiger partial charge >= 0.3 is 0 Å². The fourth-order valence-corrected chi connectivity index (χ4v) is 2.56. The molecule has 106 valence electrons. The standard InChI is InChI=1S/C14H18N4O2/c1-10(14-17-16-12-5-2-8-18(12)14)15-13(19)7-6-11-4-3-9-20-11/h3-4,9-10H,2,5-8H2,1H3,(H,15,19). The maximum absolute atomic E-state index is 11.9. The van der Waals surface area contributed by atoms with Crippen LogP contribution >= 0.6 is 0 Å². The van der Waals surface area contributed by atoms with Crippen LogP contribution in [-0.2, 0) is 24.2 Å². The molecule has 1 amide bonds. The van der Waals surface area contributed by atoms with Crippen LogP contribution in [0.15, 0.2) is 22.8 Å². The van der Waals surface area contributed by atoms with Crippen molar-refractivity contribution in [2.45, 2.75) is 45.2 Å². The van der Waals surface area contributed by atoms with E-state index in [4.69, 9.17) is 4.42 Å². The molecule has 1 N–H and O–H groups in total. The summed E-state index contributed by atoms with van der Waals surface area (Å²) in [5.74, 6) is 2.71. The molecule has 6 heteroatoms. The Balaban J connectivity index is 1.55. The first kappa shape index (κ1) is 12.9. The number of nitrogens with one attached hydrogen (secondary N) is 1. The first-order valence-corrected chi connectivity index (χ1v) is 6.98. The van der Waals surface area contributed by atoms with Crippen molar-refractivity contribution in [1.82, 2.24) is 20.1 Å². The molecule has 1 unspecified atom stereocenters. The van der Waals surface area contributed by atoms with E-state index in [9.17, 15) is 4.79 Å². The van der Waals surface area contributed by atoms with Crippen molar-refractivity contribution >= 4 is 5.91 Å². The second-order valence-electron chi connectivity index (χ2n) is 5.10. The van der Waals surface area contributed by atoms with Crippen molar-refractivity contribution in [3.8, 4) is 0 Å². The molecule has 3 rings (SSSR count). The van der Waals surface area contributed by atoms with Crippen LogP contribution in [0.1, 0.15) is 43.2 Å². The molecule has 0 saturated carbocycles. The van der Waals surface area contributed by atoms with Crippen molar-refractivity contribution in [1.29, 1.82) is 0 Å². The Kier molecular flexibility index (Phi) is 3.54. The quantitative estimate of drug-likeness (QED) is 0.899. The molecule has 0 spiro atoms. The van der Waals surface area contributed by atoms with E-state index in [0.717, 1.165) is 36.8 Å². The zero-order valence-electron chi connectivity index (χ0n) is 11.5. The van der Waals surface area contributed by atoms with E-state index in [-0.39, 0.29) is 11.9 Å². The Morgan fingerprint density at radius 1 is 1.55 bits per heavy atom. The van der Waals surface area contributed by atoms with E-state index in [1.54, 1.807) is 6.26 Å². The summed E-state index contributed by atoms with van der Waals surface area (Å²) in [7, 11) is 0. The largest absolute Gasteiger partial charge is 0.469 e. The highest BCUT2D eigenvalue weighted by atomic mass is 16.3. The first-order chi connectivity index (χ1) is 9.74. The van der Waals surface area contributed by atoms with E-state index in [2.05, 4.69) is 20.1 Å². The van der Waals surface area contributed by atoms with Crippen molar-refractivity contribution in [2.24, 2.45) is 0 Å². The SMILES string of the molecule is CC(NC(=O)CCc1ccco1)c1nnc2n1CCC2. The molecule has 2 aromatic rings. The van der Waals surface area contributed by atoms with Gasteiger partial charge in [-0.15, -0.1) is 10.2 Å². The summed E-state index contributed by atoms with van der Waals surface area (Å²) >= 11 is 0. The fraction of sp³-hybridized carbons (Fsp3) is 0.500. The number of aryl methyl sites for hydroxylation is 2. The van der Waals surface area contributed by atoms with Gasteiger partial charge in [0.25, 0.3) is 0 Å². The number of rotatable bonds is 5. The molecular weight excluding hydrogens is 256 g/mol. The number of hydrogen-bond acceptors (Lipinski definition) is 4. The highest BCUT2D eigenvalue weighted by molar-refractivity contribution is 5.76. The molecule has 3 heterocycles. The predicted molar refractivity (Wildman–Crippen MR) is 71.9 cm³/mol. The predicted octanol–water partition coefficient (Wildman–Crippen LogP) is 1.63. The molecule has 1 aliphatic heterocycles. The number of hydrogen-bond donors (Lipinski definition) is 1. The minimum absolute atomic E-state index is 0.00393. The third-order valence-electron chi connectivity index (χ3n) is 3.58.